The first-order valence-corrected chi connectivity index (χ1v) is 5.97. The number of nitrogens with two attached hydrogens (primary N) is 1. The fourth-order valence-electron chi connectivity index (χ4n) is 1.85. The molecule has 0 spiro atoms. The Labute approximate surface area is 117 Å². The molecule has 3 rings (SSSR count). The summed E-state index contributed by atoms with van der Waals surface area (Å²) in [7, 11) is 0. The summed E-state index contributed by atoms with van der Waals surface area (Å²) >= 11 is 5.64. The summed E-state index contributed by atoms with van der Waals surface area (Å²) < 4.78 is 32.1. The van der Waals surface area contributed by atoms with Crippen LogP contribution < -0.4 is 11.1 Å². The molecular weight excluding hydrogens is 288 g/mol. The minimum atomic E-state index is -0.830. The summed E-state index contributed by atoms with van der Waals surface area (Å²) in [5.41, 5.74) is 6.57. The zero-order valence-electron chi connectivity index (χ0n) is 9.95. The van der Waals surface area contributed by atoms with Gasteiger partial charge in [0.15, 0.2) is 5.58 Å². The van der Waals surface area contributed by atoms with Crippen molar-refractivity contribution in [2.45, 2.75) is 0 Å². The topological polar surface area (TPSA) is 64.1 Å². The van der Waals surface area contributed by atoms with Crippen molar-refractivity contribution < 1.29 is 13.2 Å². The number of benzene rings is 1. The number of nitrogens with zero attached hydrogens (tertiary/aromatic N) is 1. The molecule has 0 aliphatic heterocycles. The van der Waals surface area contributed by atoms with Gasteiger partial charge in [-0.15, -0.1) is 0 Å². The van der Waals surface area contributed by atoms with E-state index in [1.807, 2.05) is 0 Å². The van der Waals surface area contributed by atoms with Crippen molar-refractivity contribution in [2.24, 2.45) is 0 Å². The lowest BCUT2D eigenvalue weighted by Crippen LogP contribution is -1.97. The summed E-state index contributed by atoms with van der Waals surface area (Å²) in [5, 5.41) is 3.20. The molecule has 0 unspecified atom stereocenters. The van der Waals surface area contributed by atoms with Crippen LogP contribution in [0.5, 0.6) is 0 Å². The molecule has 7 heteroatoms. The van der Waals surface area contributed by atoms with E-state index < -0.39 is 11.6 Å². The van der Waals surface area contributed by atoms with Gasteiger partial charge in [0, 0.05) is 17.6 Å². The van der Waals surface area contributed by atoms with Gasteiger partial charge < -0.3 is 15.5 Å². The second kappa shape index (κ2) is 4.64. The Morgan fingerprint density at radius 1 is 1.25 bits per heavy atom. The lowest BCUT2D eigenvalue weighted by atomic mass is 10.2. The number of nitrogens with one attached hydrogen (secondary N) is 1. The number of hydrogen-bond donors (Lipinski definition) is 2. The second-order valence-electron chi connectivity index (χ2n) is 4.08. The number of aromatic nitrogens is 1. The van der Waals surface area contributed by atoms with Crippen LogP contribution in [0.15, 0.2) is 35.0 Å². The number of pyridine rings is 1. The molecule has 2 aromatic heterocycles. The lowest BCUT2D eigenvalue weighted by Gasteiger charge is -2.07. The maximum Gasteiger partial charge on any atom is 0.215 e. The molecule has 2 heterocycles. The first kappa shape index (κ1) is 12.7. The van der Waals surface area contributed by atoms with Crippen molar-refractivity contribution in [3.8, 4) is 0 Å². The van der Waals surface area contributed by atoms with E-state index in [0.717, 1.165) is 6.07 Å². The monoisotopic (exact) mass is 295 g/mol. The van der Waals surface area contributed by atoms with Gasteiger partial charge in [-0.1, -0.05) is 11.6 Å². The first-order chi connectivity index (χ1) is 9.56. The van der Waals surface area contributed by atoms with Gasteiger partial charge in [-0.3, -0.25) is 4.98 Å². The van der Waals surface area contributed by atoms with E-state index in [1.165, 1.54) is 6.20 Å². The molecule has 3 N–H and O–H groups in total. The van der Waals surface area contributed by atoms with Crippen LogP contribution >= 0.6 is 11.6 Å². The molecule has 0 saturated carbocycles. The molecule has 102 valence electrons. The zero-order chi connectivity index (χ0) is 14.3. The van der Waals surface area contributed by atoms with Gasteiger partial charge in [-0.05, 0) is 12.1 Å². The molecule has 0 aliphatic rings. The lowest BCUT2D eigenvalue weighted by molar-refractivity contribution is 0.586. The summed E-state index contributed by atoms with van der Waals surface area (Å²) in [4.78, 5) is 3.90. The number of halogens is 3. The molecule has 0 atom stereocenters. The Hall–Kier alpha value is -2.34. The summed E-state index contributed by atoms with van der Waals surface area (Å²) in [5.74, 6) is -1.54. The maximum atomic E-state index is 13.7. The van der Waals surface area contributed by atoms with E-state index in [-0.39, 0.29) is 16.6 Å². The summed E-state index contributed by atoms with van der Waals surface area (Å²) in [6.07, 6.45) is 3.04. The van der Waals surface area contributed by atoms with Crippen LogP contribution in [0.4, 0.5) is 26.0 Å². The molecule has 0 radical (unpaired) electrons. The van der Waals surface area contributed by atoms with Crippen molar-refractivity contribution >= 4 is 39.8 Å². The van der Waals surface area contributed by atoms with Crippen LogP contribution in [0.2, 0.25) is 5.02 Å². The molecular formula is C13H8ClF2N3O. The zero-order valence-corrected chi connectivity index (χ0v) is 10.7. The predicted molar refractivity (Wildman–Crippen MR) is 73.1 cm³/mol. The average molecular weight is 296 g/mol. The SMILES string of the molecule is Nc1oc2cnccc2c1Nc1cc(Cl)c(F)cc1F. The van der Waals surface area contributed by atoms with Crippen molar-refractivity contribution in [1.82, 2.24) is 4.98 Å². The molecule has 0 fully saturated rings. The van der Waals surface area contributed by atoms with Crippen molar-refractivity contribution in [2.75, 3.05) is 11.1 Å². The third-order valence-corrected chi connectivity index (χ3v) is 3.08. The van der Waals surface area contributed by atoms with Crippen LogP contribution in [-0.4, -0.2) is 4.98 Å². The van der Waals surface area contributed by atoms with E-state index in [2.05, 4.69) is 10.3 Å². The molecule has 3 aromatic rings. The largest absolute Gasteiger partial charge is 0.437 e. The van der Waals surface area contributed by atoms with Gasteiger partial charge in [0.2, 0.25) is 5.88 Å². The highest BCUT2D eigenvalue weighted by Gasteiger charge is 2.15. The van der Waals surface area contributed by atoms with Crippen LogP contribution in [0.25, 0.3) is 11.0 Å². The highest BCUT2D eigenvalue weighted by atomic mass is 35.5. The van der Waals surface area contributed by atoms with Gasteiger partial charge in [-0.25, -0.2) is 8.78 Å². The smallest absolute Gasteiger partial charge is 0.215 e. The molecule has 0 saturated heterocycles. The minimum absolute atomic E-state index is 0.00242. The van der Waals surface area contributed by atoms with Crippen molar-refractivity contribution in [3.05, 3.63) is 47.2 Å². The van der Waals surface area contributed by atoms with Gasteiger partial charge in [0.1, 0.15) is 17.3 Å². The molecule has 0 aliphatic carbocycles. The quantitative estimate of drug-likeness (QED) is 0.699. The Bertz CT molecular complexity index is 804. The van der Waals surface area contributed by atoms with Crippen molar-refractivity contribution in [3.63, 3.8) is 0 Å². The van der Waals surface area contributed by atoms with Crippen LogP contribution in [0.1, 0.15) is 0 Å². The fraction of sp³-hybridized carbons (Fsp3) is 0. The molecule has 0 bridgehead atoms. The van der Waals surface area contributed by atoms with Gasteiger partial charge in [0.25, 0.3) is 0 Å². The van der Waals surface area contributed by atoms with E-state index in [1.54, 1.807) is 12.3 Å². The first-order valence-electron chi connectivity index (χ1n) is 5.60. The van der Waals surface area contributed by atoms with E-state index in [9.17, 15) is 8.78 Å². The van der Waals surface area contributed by atoms with E-state index in [0.29, 0.717) is 22.7 Å². The molecule has 4 nitrogen and oxygen atoms in total. The number of nitrogen functional groups attached to an aromatic ring is 1. The predicted octanol–water partition coefficient (Wildman–Crippen LogP) is 4.09. The highest BCUT2D eigenvalue weighted by Crippen LogP contribution is 2.36. The van der Waals surface area contributed by atoms with Crippen LogP contribution in [0.3, 0.4) is 0 Å². The fourth-order valence-corrected chi connectivity index (χ4v) is 2.02. The number of hydrogen-bond acceptors (Lipinski definition) is 4. The third kappa shape index (κ3) is 2.04. The van der Waals surface area contributed by atoms with Crippen molar-refractivity contribution in [1.29, 1.82) is 0 Å². The number of rotatable bonds is 2. The number of fused-ring (bicyclic) bond motifs is 1. The van der Waals surface area contributed by atoms with E-state index >= 15 is 0 Å². The Morgan fingerprint density at radius 2 is 2.05 bits per heavy atom. The average Bonchev–Trinajstić information content (AvgIpc) is 2.72. The van der Waals surface area contributed by atoms with Crippen LogP contribution in [0, 0.1) is 11.6 Å². The minimum Gasteiger partial charge on any atom is -0.437 e. The number of anilines is 3. The third-order valence-electron chi connectivity index (χ3n) is 2.79. The Kier molecular flexibility index (Phi) is 2.94. The normalized spacial score (nSPS) is 10.9. The molecule has 20 heavy (non-hydrogen) atoms. The Morgan fingerprint density at radius 3 is 2.85 bits per heavy atom. The highest BCUT2D eigenvalue weighted by molar-refractivity contribution is 6.31. The standard InChI is InChI=1S/C13H8ClF2N3O/c14-7-3-10(9(16)4-8(7)15)19-12-6-1-2-18-5-11(6)20-13(12)17/h1-5,19H,17H2. The maximum absolute atomic E-state index is 13.7. The van der Waals surface area contributed by atoms with Gasteiger partial charge in [0.05, 0.1) is 16.9 Å². The molecule has 1 aromatic carbocycles. The Balaban J connectivity index is 2.10. The van der Waals surface area contributed by atoms with Gasteiger partial charge in [-0.2, -0.15) is 0 Å². The molecule has 0 amide bonds. The summed E-state index contributed by atoms with van der Waals surface area (Å²) in [6, 6.07) is 3.51. The second-order valence-corrected chi connectivity index (χ2v) is 4.49. The van der Waals surface area contributed by atoms with E-state index in [4.69, 9.17) is 21.8 Å². The van der Waals surface area contributed by atoms with Gasteiger partial charge >= 0.3 is 0 Å². The number of furan rings is 1. The summed E-state index contributed by atoms with van der Waals surface area (Å²) in [6.45, 7) is 0. The van der Waals surface area contributed by atoms with Crippen LogP contribution in [-0.2, 0) is 0 Å².